The quantitative estimate of drug-likeness (QED) is 0.862. The Balaban J connectivity index is 2.14. The van der Waals surface area contributed by atoms with Gasteiger partial charge in [0.05, 0.1) is 0 Å². The van der Waals surface area contributed by atoms with Crippen molar-refractivity contribution in [2.75, 3.05) is 0 Å². The first-order valence-electron chi connectivity index (χ1n) is 4.93. The third kappa shape index (κ3) is 2.11. The van der Waals surface area contributed by atoms with Crippen molar-refractivity contribution in [3.05, 3.63) is 40.1 Å². The highest BCUT2D eigenvalue weighted by molar-refractivity contribution is 7.08. The molecule has 1 unspecified atom stereocenters. The van der Waals surface area contributed by atoms with Crippen LogP contribution in [0.4, 0.5) is 0 Å². The Hall–Kier alpha value is -1.13. The first kappa shape index (κ1) is 10.4. The molecule has 1 atom stereocenters. The molecule has 0 radical (unpaired) electrons. The molecule has 0 fully saturated rings. The largest absolute Gasteiger partial charge is 0.338 e. The predicted octanol–water partition coefficient (Wildman–Crippen LogP) is 2.03. The lowest BCUT2D eigenvalue weighted by Crippen LogP contribution is -2.15. The fourth-order valence-electron chi connectivity index (χ4n) is 1.65. The van der Waals surface area contributed by atoms with E-state index in [1.807, 2.05) is 24.0 Å². The van der Waals surface area contributed by atoms with Crippen LogP contribution in [0.2, 0.25) is 0 Å². The van der Waals surface area contributed by atoms with E-state index in [1.54, 1.807) is 11.3 Å². The molecule has 0 saturated carbocycles. The van der Waals surface area contributed by atoms with Crippen LogP contribution in [0.3, 0.4) is 0 Å². The Morgan fingerprint density at radius 2 is 2.33 bits per heavy atom. The van der Waals surface area contributed by atoms with Gasteiger partial charge in [0.15, 0.2) is 0 Å². The summed E-state index contributed by atoms with van der Waals surface area (Å²) in [6, 6.07) is 0.0531. The second kappa shape index (κ2) is 4.16. The van der Waals surface area contributed by atoms with Crippen LogP contribution >= 0.6 is 11.3 Å². The fraction of sp³-hybridized carbons (Fsp3) is 0.364. The summed E-state index contributed by atoms with van der Waals surface area (Å²) in [7, 11) is 2.00. The molecule has 3 nitrogen and oxygen atoms in total. The summed E-state index contributed by atoms with van der Waals surface area (Å²) in [5.74, 6) is 1.04. The second-order valence-corrected chi connectivity index (χ2v) is 4.52. The number of nitrogens with zero attached hydrogens (tertiary/aromatic N) is 2. The summed E-state index contributed by atoms with van der Waals surface area (Å²) in [4.78, 5) is 4.28. The summed E-state index contributed by atoms with van der Waals surface area (Å²) in [6.07, 6.45) is 4.55. The maximum absolute atomic E-state index is 6.15. The standard InChI is InChI=1S/C11H15N3S/c1-8-6-15-7-9(8)10(12)5-11-13-3-4-14(11)2/h3-4,6-7,10H,5,12H2,1-2H3. The summed E-state index contributed by atoms with van der Waals surface area (Å²) < 4.78 is 2.02. The zero-order chi connectivity index (χ0) is 10.8. The second-order valence-electron chi connectivity index (χ2n) is 3.78. The van der Waals surface area contributed by atoms with E-state index in [4.69, 9.17) is 5.73 Å². The Bertz CT molecular complexity index is 444. The van der Waals surface area contributed by atoms with Gasteiger partial charge in [0.2, 0.25) is 0 Å². The number of hydrogen-bond acceptors (Lipinski definition) is 3. The summed E-state index contributed by atoms with van der Waals surface area (Å²) in [6.45, 7) is 2.10. The lowest BCUT2D eigenvalue weighted by atomic mass is 10.0. The minimum atomic E-state index is 0.0531. The molecule has 2 heterocycles. The molecule has 0 amide bonds. The van der Waals surface area contributed by atoms with Gasteiger partial charge in [-0.3, -0.25) is 0 Å². The molecule has 15 heavy (non-hydrogen) atoms. The monoisotopic (exact) mass is 221 g/mol. The van der Waals surface area contributed by atoms with Crippen LogP contribution in [0, 0.1) is 6.92 Å². The normalized spacial score (nSPS) is 13.0. The number of rotatable bonds is 3. The van der Waals surface area contributed by atoms with Gasteiger partial charge in [-0.25, -0.2) is 4.98 Å². The molecule has 2 N–H and O–H groups in total. The van der Waals surface area contributed by atoms with Crippen molar-refractivity contribution < 1.29 is 0 Å². The molecule has 0 aliphatic carbocycles. The number of hydrogen-bond donors (Lipinski definition) is 1. The average Bonchev–Trinajstić information content (AvgIpc) is 2.76. The minimum absolute atomic E-state index is 0.0531. The van der Waals surface area contributed by atoms with Crippen LogP contribution in [0.5, 0.6) is 0 Å². The minimum Gasteiger partial charge on any atom is -0.338 e. The first-order chi connectivity index (χ1) is 7.18. The molecule has 80 valence electrons. The van der Waals surface area contributed by atoms with E-state index in [9.17, 15) is 0 Å². The third-order valence-corrected chi connectivity index (χ3v) is 3.50. The highest BCUT2D eigenvalue weighted by Crippen LogP contribution is 2.22. The van der Waals surface area contributed by atoms with Crippen LogP contribution in [0.1, 0.15) is 23.0 Å². The number of thiophene rings is 1. The Morgan fingerprint density at radius 3 is 2.87 bits per heavy atom. The molecule has 0 bridgehead atoms. The van der Waals surface area contributed by atoms with Gasteiger partial charge in [-0.05, 0) is 28.8 Å². The van der Waals surface area contributed by atoms with E-state index < -0.39 is 0 Å². The summed E-state index contributed by atoms with van der Waals surface area (Å²) in [5, 5.41) is 4.26. The topological polar surface area (TPSA) is 43.8 Å². The van der Waals surface area contributed by atoms with Crippen molar-refractivity contribution in [1.29, 1.82) is 0 Å². The Morgan fingerprint density at radius 1 is 1.53 bits per heavy atom. The van der Waals surface area contributed by atoms with E-state index in [1.165, 1.54) is 11.1 Å². The Labute approximate surface area is 93.6 Å². The molecule has 0 aliphatic rings. The average molecular weight is 221 g/mol. The van der Waals surface area contributed by atoms with Crippen molar-refractivity contribution in [2.24, 2.45) is 12.8 Å². The van der Waals surface area contributed by atoms with Gasteiger partial charge < -0.3 is 10.3 Å². The first-order valence-corrected chi connectivity index (χ1v) is 5.87. The van der Waals surface area contributed by atoms with E-state index >= 15 is 0 Å². The van der Waals surface area contributed by atoms with Crippen LogP contribution < -0.4 is 5.73 Å². The lowest BCUT2D eigenvalue weighted by Gasteiger charge is -2.11. The molecule has 2 rings (SSSR count). The van der Waals surface area contributed by atoms with Crippen LogP contribution in [-0.4, -0.2) is 9.55 Å². The van der Waals surface area contributed by atoms with Gasteiger partial charge >= 0.3 is 0 Å². The molecule has 0 spiro atoms. The molecule has 4 heteroatoms. The molecule has 0 aromatic carbocycles. The van der Waals surface area contributed by atoms with Gasteiger partial charge in [-0.15, -0.1) is 0 Å². The predicted molar refractivity (Wildman–Crippen MR) is 62.9 cm³/mol. The van der Waals surface area contributed by atoms with Crippen molar-refractivity contribution >= 4 is 11.3 Å². The van der Waals surface area contributed by atoms with Crippen molar-refractivity contribution in [3.63, 3.8) is 0 Å². The van der Waals surface area contributed by atoms with Crippen molar-refractivity contribution in [3.8, 4) is 0 Å². The fourth-order valence-corrected chi connectivity index (χ4v) is 2.57. The summed E-state index contributed by atoms with van der Waals surface area (Å²) >= 11 is 1.70. The number of aryl methyl sites for hydroxylation is 2. The third-order valence-electron chi connectivity index (χ3n) is 2.62. The van der Waals surface area contributed by atoms with Gasteiger partial charge in [0.25, 0.3) is 0 Å². The van der Waals surface area contributed by atoms with Gasteiger partial charge in [-0.1, -0.05) is 0 Å². The summed E-state index contributed by atoms with van der Waals surface area (Å²) in [5.41, 5.74) is 8.67. The maximum Gasteiger partial charge on any atom is 0.110 e. The van der Waals surface area contributed by atoms with E-state index in [0.717, 1.165) is 12.2 Å². The SMILES string of the molecule is Cc1cscc1C(N)Cc1nccn1C. The van der Waals surface area contributed by atoms with E-state index in [2.05, 4.69) is 22.7 Å². The molecule has 0 aliphatic heterocycles. The lowest BCUT2D eigenvalue weighted by molar-refractivity contribution is 0.658. The van der Waals surface area contributed by atoms with Gasteiger partial charge in [0.1, 0.15) is 5.82 Å². The zero-order valence-electron chi connectivity index (χ0n) is 8.97. The zero-order valence-corrected chi connectivity index (χ0v) is 9.79. The molecular formula is C11H15N3S. The van der Waals surface area contributed by atoms with E-state index in [-0.39, 0.29) is 6.04 Å². The smallest absolute Gasteiger partial charge is 0.110 e. The molecule has 2 aromatic rings. The van der Waals surface area contributed by atoms with Crippen molar-refractivity contribution in [1.82, 2.24) is 9.55 Å². The van der Waals surface area contributed by atoms with Crippen LogP contribution in [0.15, 0.2) is 23.2 Å². The van der Waals surface area contributed by atoms with Crippen LogP contribution in [-0.2, 0) is 13.5 Å². The number of nitrogens with two attached hydrogens (primary N) is 1. The number of aromatic nitrogens is 2. The van der Waals surface area contributed by atoms with Crippen LogP contribution in [0.25, 0.3) is 0 Å². The molecule has 0 saturated heterocycles. The highest BCUT2D eigenvalue weighted by atomic mass is 32.1. The van der Waals surface area contributed by atoms with E-state index in [0.29, 0.717) is 0 Å². The van der Waals surface area contributed by atoms with Gasteiger partial charge in [0, 0.05) is 31.9 Å². The van der Waals surface area contributed by atoms with Crippen molar-refractivity contribution in [2.45, 2.75) is 19.4 Å². The maximum atomic E-state index is 6.15. The Kier molecular flexibility index (Phi) is 2.88. The number of imidazole rings is 1. The molecule has 2 aromatic heterocycles. The molecular weight excluding hydrogens is 206 g/mol. The van der Waals surface area contributed by atoms with Gasteiger partial charge in [-0.2, -0.15) is 11.3 Å². The highest BCUT2D eigenvalue weighted by Gasteiger charge is 2.12.